The van der Waals surface area contributed by atoms with Crippen LogP contribution >= 0.6 is 0 Å². The van der Waals surface area contributed by atoms with Crippen molar-refractivity contribution in [1.82, 2.24) is 0 Å². The summed E-state index contributed by atoms with van der Waals surface area (Å²) < 4.78 is 17.0. The highest BCUT2D eigenvalue weighted by Crippen LogP contribution is 2.45. The van der Waals surface area contributed by atoms with Gasteiger partial charge in [-0.2, -0.15) is 0 Å². The molecule has 2 aliphatic heterocycles. The third-order valence-electron chi connectivity index (χ3n) is 4.41. The Balaban J connectivity index is 1.57. The van der Waals surface area contributed by atoms with Crippen LogP contribution in [0.1, 0.15) is 18.9 Å². The molecular weight excluding hydrogens is 255 g/mol. The first-order chi connectivity index (χ1) is 9.61. The maximum Gasteiger partial charge on any atom is 0.309 e. The van der Waals surface area contributed by atoms with Gasteiger partial charge in [0, 0.05) is 5.92 Å². The minimum Gasteiger partial charge on any atom is -0.461 e. The van der Waals surface area contributed by atoms with Crippen molar-refractivity contribution in [2.75, 3.05) is 6.61 Å². The molecule has 2 saturated heterocycles. The highest BCUT2D eigenvalue weighted by Gasteiger charge is 2.58. The molecule has 2 bridgehead atoms. The predicted molar refractivity (Wildman–Crippen MR) is 75.9 cm³/mol. The molecule has 1 aromatic carbocycles. The van der Waals surface area contributed by atoms with Gasteiger partial charge in [-0.25, -0.2) is 0 Å². The van der Waals surface area contributed by atoms with Crippen LogP contribution in [0.2, 0.25) is 0 Å². The zero-order valence-electron chi connectivity index (χ0n) is 11.9. The van der Waals surface area contributed by atoms with Gasteiger partial charge in [-0.05, 0) is 5.56 Å². The molecule has 2 fully saturated rings. The summed E-state index contributed by atoms with van der Waals surface area (Å²) in [4.78, 5) is 12.0. The van der Waals surface area contributed by atoms with Crippen LogP contribution in [0.4, 0.5) is 0 Å². The Kier molecular flexibility index (Phi) is 3.56. The van der Waals surface area contributed by atoms with Crippen molar-refractivity contribution in [3.63, 3.8) is 0 Å². The molecule has 3 rings (SSSR count). The summed E-state index contributed by atoms with van der Waals surface area (Å²) in [5, 5.41) is 0. The second-order valence-electron chi connectivity index (χ2n) is 5.78. The number of esters is 1. The lowest BCUT2D eigenvalue weighted by atomic mass is 9.84. The maximum atomic E-state index is 12.0. The standard InChI is InChI=1S/C15H19BO4/c1-10-13-14(16)20-15(10,9-19-13)7-12(17)18-8-11-5-3-2-4-6-11/h2-6,10,13-14H,7-9,16H2,1H3/t10-,13?,14+,15+/m0/s1. The van der Waals surface area contributed by atoms with E-state index >= 15 is 0 Å². The molecular formula is C15H19BO4. The number of hydrogen-bond donors (Lipinski definition) is 0. The van der Waals surface area contributed by atoms with Crippen molar-refractivity contribution >= 4 is 13.8 Å². The molecule has 0 radical (unpaired) electrons. The zero-order valence-corrected chi connectivity index (χ0v) is 11.9. The van der Waals surface area contributed by atoms with Gasteiger partial charge in [-0.15, -0.1) is 0 Å². The van der Waals surface area contributed by atoms with Gasteiger partial charge in [0.1, 0.15) is 20.1 Å². The van der Waals surface area contributed by atoms with E-state index in [-0.39, 0.29) is 30.4 Å². The number of carbonyl (C=O) groups excluding carboxylic acids is 1. The van der Waals surface area contributed by atoms with Crippen molar-refractivity contribution in [3.05, 3.63) is 35.9 Å². The third-order valence-corrected chi connectivity index (χ3v) is 4.41. The highest BCUT2D eigenvalue weighted by molar-refractivity contribution is 6.11. The average Bonchev–Trinajstić information content (AvgIpc) is 2.86. The van der Waals surface area contributed by atoms with Crippen molar-refractivity contribution < 1.29 is 19.0 Å². The van der Waals surface area contributed by atoms with Crippen molar-refractivity contribution in [1.29, 1.82) is 0 Å². The SMILES string of the molecule is B[C@@H]1O[C@]2(CC(=O)OCc3ccccc3)COC1[C@@H]2C. The van der Waals surface area contributed by atoms with Crippen LogP contribution in [-0.2, 0) is 25.6 Å². The molecule has 4 nitrogen and oxygen atoms in total. The number of carbonyl (C=O) groups is 1. The summed E-state index contributed by atoms with van der Waals surface area (Å²) in [5.41, 5.74) is 0.505. The lowest BCUT2D eigenvalue weighted by molar-refractivity contribution is -0.160. The molecule has 1 aromatic rings. The second-order valence-corrected chi connectivity index (χ2v) is 5.78. The van der Waals surface area contributed by atoms with Gasteiger partial charge in [0.15, 0.2) is 0 Å². The number of hydrogen-bond acceptors (Lipinski definition) is 4. The average molecular weight is 274 g/mol. The Morgan fingerprint density at radius 1 is 1.45 bits per heavy atom. The van der Waals surface area contributed by atoms with Gasteiger partial charge < -0.3 is 14.2 Å². The lowest BCUT2D eigenvalue weighted by Crippen LogP contribution is -2.40. The molecule has 5 heteroatoms. The molecule has 0 N–H and O–H groups in total. The highest BCUT2D eigenvalue weighted by atomic mass is 16.6. The molecule has 2 heterocycles. The Bertz CT molecular complexity index is 492. The van der Waals surface area contributed by atoms with Gasteiger partial charge >= 0.3 is 5.97 Å². The maximum absolute atomic E-state index is 12.0. The first-order valence-electron chi connectivity index (χ1n) is 7.10. The van der Waals surface area contributed by atoms with Crippen molar-refractivity contribution in [3.8, 4) is 0 Å². The molecule has 1 unspecified atom stereocenters. The van der Waals surface area contributed by atoms with Crippen LogP contribution in [0.3, 0.4) is 0 Å². The van der Waals surface area contributed by atoms with E-state index in [9.17, 15) is 4.79 Å². The summed E-state index contributed by atoms with van der Waals surface area (Å²) in [5.74, 6) is 0.0147. The van der Waals surface area contributed by atoms with Crippen LogP contribution < -0.4 is 0 Å². The van der Waals surface area contributed by atoms with Gasteiger partial charge in [-0.3, -0.25) is 4.79 Å². The van der Waals surface area contributed by atoms with Gasteiger partial charge in [0.25, 0.3) is 0 Å². The molecule has 4 atom stereocenters. The van der Waals surface area contributed by atoms with Gasteiger partial charge in [0.05, 0.1) is 25.1 Å². The molecule has 20 heavy (non-hydrogen) atoms. The van der Waals surface area contributed by atoms with Crippen molar-refractivity contribution in [2.24, 2.45) is 5.92 Å². The Labute approximate surface area is 119 Å². The van der Waals surface area contributed by atoms with Crippen molar-refractivity contribution in [2.45, 2.75) is 37.7 Å². The fourth-order valence-corrected chi connectivity index (χ4v) is 3.22. The molecule has 2 aliphatic rings. The van der Waals surface area contributed by atoms with Gasteiger partial charge in [0.2, 0.25) is 0 Å². The van der Waals surface area contributed by atoms with Crippen LogP contribution in [-0.4, -0.2) is 38.1 Å². The Morgan fingerprint density at radius 3 is 2.80 bits per heavy atom. The summed E-state index contributed by atoms with van der Waals surface area (Å²) in [6.07, 6.45) is 0.374. The predicted octanol–water partition coefficient (Wildman–Crippen LogP) is 0.883. The molecule has 0 saturated carbocycles. The van der Waals surface area contributed by atoms with Crippen LogP contribution in [0, 0.1) is 5.92 Å². The number of fused-ring (bicyclic) bond motifs is 2. The van der Waals surface area contributed by atoms with E-state index in [0.717, 1.165) is 5.56 Å². The first kappa shape index (κ1) is 13.6. The fourth-order valence-electron chi connectivity index (χ4n) is 3.22. The quantitative estimate of drug-likeness (QED) is 0.604. The zero-order chi connectivity index (χ0) is 14.2. The summed E-state index contributed by atoms with van der Waals surface area (Å²) in [7, 11) is 2.00. The minimum atomic E-state index is -0.488. The summed E-state index contributed by atoms with van der Waals surface area (Å²) >= 11 is 0. The Hall–Kier alpha value is -1.33. The number of ether oxygens (including phenoxy) is 3. The summed E-state index contributed by atoms with van der Waals surface area (Å²) in [6, 6.07) is 9.74. The molecule has 0 spiro atoms. The van der Waals surface area contributed by atoms with Gasteiger partial charge in [-0.1, -0.05) is 37.3 Å². The molecule has 106 valence electrons. The normalized spacial score (nSPS) is 35.1. The monoisotopic (exact) mass is 274 g/mol. The van der Waals surface area contributed by atoms with E-state index in [4.69, 9.17) is 14.2 Å². The molecule has 0 aromatic heterocycles. The topological polar surface area (TPSA) is 44.8 Å². The largest absolute Gasteiger partial charge is 0.461 e. The van der Waals surface area contributed by atoms with E-state index in [1.807, 2.05) is 38.2 Å². The Morgan fingerprint density at radius 2 is 2.20 bits per heavy atom. The van der Waals surface area contributed by atoms with E-state index in [0.29, 0.717) is 13.2 Å². The van der Waals surface area contributed by atoms with Crippen LogP contribution in [0.15, 0.2) is 30.3 Å². The smallest absolute Gasteiger partial charge is 0.309 e. The van der Waals surface area contributed by atoms with E-state index < -0.39 is 5.60 Å². The van der Waals surface area contributed by atoms with E-state index in [1.165, 1.54) is 0 Å². The number of rotatable bonds is 4. The van der Waals surface area contributed by atoms with Crippen LogP contribution in [0.25, 0.3) is 0 Å². The molecule has 0 amide bonds. The summed E-state index contributed by atoms with van der Waals surface area (Å²) in [6.45, 7) is 2.89. The van der Waals surface area contributed by atoms with Crippen LogP contribution in [0.5, 0.6) is 0 Å². The second kappa shape index (κ2) is 5.22. The fraction of sp³-hybridized carbons (Fsp3) is 0.533. The molecule has 0 aliphatic carbocycles. The number of benzene rings is 1. The van der Waals surface area contributed by atoms with E-state index in [1.54, 1.807) is 0 Å². The van der Waals surface area contributed by atoms with E-state index in [2.05, 4.69) is 6.92 Å². The third kappa shape index (κ3) is 2.36. The first-order valence-corrected chi connectivity index (χ1v) is 7.10. The lowest BCUT2D eigenvalue weighted by Gasteiger charge is -2.29. The minimum absolute atomic E-state index is 0.0562.